The topological polar surface area (TPSA) is 0 Å². The van der Waals surface area contributed by atoms with Gasteiger partial charge >= 0.3 is 0 Å². The molecule has 0 aliphatic rings. The van der Waals surface area contributed by atoms with E-state index < -0.39 is 0 Å². The summed E-state index contributed by atoms with van der Waals surface area (Å²) in [4.78, 5) is 0. The smallest absolute Gasteiger partial charge is 0 e. The van der Waals surface area contributed by atoms with Crippen LogP contribution in [0.15, 0.2) is 30.3 Å². The third-order valence-electron chi connectivity index (χ3n) is 3.32. The molecule has 0 N–H and O–H groups in total. The van der Waals surface area contributed by atoms with Crippen molar-refractivity contribution in [3.8, 4) is 0 Å². The Morgan fingerprint density at radius 3 is 1.47 bits per heavy atom. The SMILES string of the molecule is CC[c-]1cccc1.C[c-]1[cH-][c-](C)[c-](C)[c-]1C.[Ru]. The van der Waals surface area contributed by atoms with E-state index in [0.29, 0.717) is 0 Å². The zero-order valence-corrected chi connectivity index (χ0v) is 13.2. The van der Waals surface area contributed by atoms with Gasteiger partial charge in [-0.1, -0.05) is 13.3 Å². The minimum atomic E-state index is 0. The predicted octanol–water partition coefficient (Wildman–Crippen LogP) is 4.60. The molecule has 0 aliphatic carbocycles. The summed E-state index contributed by atoms with van der Waals surface area (Å²) in [6.45, 7) is 10.8. The van der Waals surface area contributed by atoms with Gasteiger partial charge in [-0.05, 0) is 0 Å². The van der Waals surface area contributed by atoms with E-state index in [2.05, 4.69) is 65.0 Å². The van der Waals surface area contributed by atoms with Crippen molar-refractivity contribution in [3.63, 3.8) is 0 Å². The Hall–Kier alpha value is -0.677. The van der Waals surface area contributed by atoms with Crippen LogP contribution in [-0.4, -0.2) is 0 Å². The Morgan fingerprint density at radius 1 is 0.882 bits per heavy atom. The summed E-state index contributed by atoms with van der Waals surface area (Å²) in [5.41, 5.74) is 7.18. The van der Waals surface area contributed by atoms with Gasteiger partial charge in [0.1, 0.15) is 0 Å². The molecule has 2 rings (SSSR count). The molecule has 0 heterocycles. The molecule has 0 aromatic heterocycles. The predicted molar refractivity (Wildman–Crippen MR) is 72.4 cm³/mol. The minimum Gasteiger partial charge on any atom is -0.743 e. The van der Waals surface area contributed by atoms with Gasteiger partial charge in [0.15, 0.2) is 0 Å². The van der Waals surface area contributed by atoms with E-state index in [9.17, 15) is 0 Å². The van der Waals surface area contributed by atoms with Gasteiger partial charge < -0.3 is 28.3 Å². The molecule has 2 aromatic carbocycles. The maximum atomic E-state index is 2.24. The molecule has 0 unspecified atom stereocenters. The summed E-state index contributed by atoms with van der Waals surface area (Å²) in [7, 11) is 0. The van der Waals surface area contributed by atoms with Crippen LogP contribution in [0.5, 0.6) is 0 Å². The van der Waals surface area contributed by atoms with Crippen LogP contribution >= 0.6 is 0 Å². The van der Waals surface area contributed by atoms with Gasteiger partial charge in [0.25, 0.3) is 0 Å². The number of hydrogen-bond acceptors (Lipinski definition) is 0. The molecule has 0 saturated carbocycles. The first kappa shape index (κ1) is 16.3. The first-order valence-electron chi connectivity index (χ1n) is 5.97. The van der Waals surface area contributed by atoms with Crippen LogP contribution in [0.1, 0.15) is 34.7 Å². The Balaban J connectivity index is 0.000000292. The van der Waals surface area contributed by atoms with Crippen molar-refractivity contribution in [2.24, 2.45) is 0 Å². The Labute approximate surface area is 119 Å². The second kappa shape index (κ2) is 7.61. The molecule has 0 atom stereocenters. The van der Waals surface area contributed by atoms with Crippen molar-refractivity contribution in [1.29, 1.82) is 0 Å². The maximum absolute atomic E-state index is 2.24. The van der Waals surface area contributed by atoms with E-state index in [1.807, 2.05) is 0 Å². The van der Waals surface area contributed by atoms with Gasteiger partial charge in [-0.2, -0.15) is 17.7 Å². The fourth-order valence-corrected chi connectivity index (χ4v) is 1.78. The fourth-order valence-electron chi connectivity index (χ4n) is 1.78. The van der Waals surface area contributed by atoms with Gasteiger partial charge in [-0.25, -0.2) is 39.8 Å². The number of hydrogen-bond donors (Lipinski definition) is 0. The third kappa shape index (κ3) is 4.60. The van der Waals surface area contributed by atoms with Crippen molar-refractivity contribution in [3.05, 3.63) is 58.1 Å². The Bertz CT molecular complexity index is 396. The summed E-state index contributed by atoms with van der Waals surface area (Å²) < 4.78 is 0. The van der Waals surface area contributed by atoms with Crippen LogP contribution < -0.4 is 0 Å². The molecule has 0 radical (unpaired) electrons. The standard InChI is InChI=1S/C9H13.C7H9.Ru/c1-6-5-7(2)9(4)8(6)3;1-2-7-5-3-4-6-7;/h5H,1-4H3;3-6H,2H2,1H3;/q-5;-1;. The van der Waals surface area contributed by atoms with Crippen LogP contribution in [0, 0.1) is 27.7 Å². The van der Waals surface area contributed by atoms with E-state index in [0.717, 1.165) is 6.42 Å². The average Bonchev–Trinajstić information content (AvgIpc) is 2.86. The summed E-state index contributed by atoms with van der Waals surface area (Å²) >= 11 is 0. The first-order valence-corrected chi connectivity index (χ1v) is 5.97. The van der Waals surface area contributed by atoms with Gasteiger partial charge in [0, 0.05) is 19.5 Å². The summed E-state index contributed by atoms with van der Waals surface area (Å²) in [5, 5.41) is 0. The van der Waals surface area contributed by atoms with Gasteiger partial charge in [-0.15, -0.1) is 0 Å². The van der Waals surface area contributed by atoms with Gasteiger partial charge in [0.05, 0.1) is 0 Å². The zero-order valence-electron chi connectivity index (χ0n) is 11.4. The summed E-state index contributed by atoms with van der Waals surface area (Å²) in [5.74, 6) is 0. The van der Waals surface area contributed by atoms with E-state index in [-0.39, 0.29) is 19.5 Å². The maximum Gasteiger partial charge on any atom is 0 e. The summed E-state index contributed by atoms with van der Waals surface area (Å²) in [6.07, 6.45) is 1.16. The molecule has 0 bridgehead atoms. The summed E-state index contributed by atoms with van der Waals surface area (Å²) in [6, 6.07) is 10.7. The van der Waals surface area contributed by atoms with Crippen LogP contribution in [0.2, 0.25) is 0 Å². The van der Waals surface area contributed by atoms with Gasteiger partial charge in [-0.3, -0.25) is 0 Å². The first-order chi connectivity index (χ1) is 7.56. The van der Waals surface area contributed by atoms with Crippen LogP contribution in [0.3, 0.4) is 0 Å². The van der Waals surface area contributed by atoms with Crippen LogP contribution in [0.4, 0.5) is 0 Å². The van der Waals surface area contributed by atoms with Crippen LogP contribution in [-0.2, 0) is 25.9 Å². The number of rotatable bonds is 1. The molecule has 0 fully saturated rings. The van der Waals surface area contributed by atoms with E-state index in [1.165, 1.54) is 27.8 Å². The van der Waals surface area contributed by atoms with Crippen molar-refractivity contribution in [2.45, 2.75) is 41.0 Å². The Kier molecular flexibility index (Phi) is 7.31. The van der Waals surface area contributed by atoms with Crippen molar-refractivity contribution in [2.75, 3.05) is 0 Å². The molecule has 2 aromatic rings. The quantitative estimate of drug-likeness (QED) is 0.533. The minimum absolute atomic E-state index is 0. The monoisotopic (exact) mass is 316 g/mol. The van der Waals surface area contributed by atoms with E-state index >= 15 is 0 Å². The molecule has 17 heavy (non-hydrogen) atoms. The largest absolute Gasteiger partial charge is 0.743 e. The molecular weight excluding hydrogens is 293 g/mol. The molecule has 0 amide bonds. The second-order valence-electron chi connectivity index (χ2n) is 4.41. The fraction of sp³-hybridized carbons (Fsp3) is 0.375. The third-order valence-corrected chi connectivity index (χ3v) is 3.32. The number of aryl methyl sites for hydroxylation is 3. The normalized spacial score (nSPS) is 9.24. The van der Waals surface area contributed by atoms with Crippen molar-refractivity contribution in [1.82, 2.24) is 0 Å². The molecule has 1 heteroatoms. The van der Waals surface area contributed by atoms with Gasteiger partial charge in [0.2, 0.25) is 0 Å². The Morgan fingerprint density at radius 2 is 1.29 bits per heavy atom. The second-order valence-corrected chi connectivity index (χ2v) is 4.41. The van der Waals surface area contributed by atoms with Crippen LogP contribution in [0.25, 0.3) is 0 Å². The zero-order chi connectivity index (χ0) is 12.1. The van der Waals surface area contributed by atoms with Crippen molar-refractivity contribution >= 4 is 0 Å². The molecule has 0 nitrogen and oxygen atoms in total. The average molecular weight is 315 g/mol. The molecule has 100 valence electrons. The molecule has 0 spiro atoms. The van der Waals surface area contributed by atoms with Crippen molar-refractivity contribution < 1.29 is 19.5 Å². The molecule has 0 aliphatic heterocycles. The molecular formula is C16H22Ru-6. The van der Waals surface area contributed by atoms with E-state index in [4.69, 9.17) is 0 Å². The molecule has 0 saturated heterocycles. The van der Waals surface area contributed by atoms with E-state index in [1.54, 1.807) is 0 Å².